The number of nitrogens with two attached hydrogens (primary N) is 1. The highest BCUT2D eigenvalue weighted by Crippen LogP contribution is 2.33. The van der Waals surface area contributed by atoms with Crippen LogP contribution < -0.4 is 5.73 Å². The van der Waals surface area contributed by atoms with Crippen molar-refractivity contribution in [2.24, 2.45) is 11.7 Å². The van der Waals surface area contributed by atoms with Crippen LogP contribution in [0, 0.1) is 16.0 Å². The molecule has 1 aromatic rings. The summed E-state index contributed by atoms with van der Waals surface area (Å²) in [7, 11) is 0. The highest BCUT2D eigenvalue weighted by molar-refractivity contribution is 9.10. The van der Waals surface area contributed by atoms with Gasteiger partial charge in [0.15, 0.2) is 0 Å². The second kappa shape index (κ2) is 4.72. The number of halogens is 1. The summed E-state index contributed by atoms with van der Waals surface area (Å²) in [6, 6.07) is 4.72. The predicted molar refractivity (Wildman–Crippen MR) is 62.6 cm³/mol. The van der Waals surface area contributed by atoms with Crippen LogP contribution in [0.15, 0.2) is 22.7 Å². The van der Waals surface area contributed by atoms with Crippen LogP contribution in [0.4, 0.5) is 5.69 Å². The fraction of sp³-hybridized carbons (Fsp3) is 0.400. The molecule has 0 aliphatic heterocycles. The molecule has 0 saturated carbocycles. The average Bonchev–Trinajstić information content (AvgIpc) is 2.16. The summed E-state index contributed by atoms with van der Waals surface area (Å²) in [6.07, 6.45) is 0. The zero-order valence-corrected chi connectivity index (χ0v) is 10.2. The zero-order chi connectivity index (χ0) is 11.6. The molecular weight excluding hydrogens is 260 g/mol. The van der Waals surface area contributed by atoms with E-state index in [9.17, 15) is 10.1 Å². The molecule has 0 aromatic heterocycles. The Labute approximate surface area is 96.8 Å². The van der Waals surface area contributed by atoms with Crippen LogP contribution in [0.1, 0.15) is 25.5 Å². The lowest BCUT2D eigenvalue weighted by Gasteiger charge is -2.17. The van der Waals surface area contributed by atoms with E-state index >= 15 is 0 Å². The van der Waals surface area contributed by atoms with Gasteiger partial charge in [0, 0.05) is 12.1 Å². The minimum Gasteiger partial charge on any atom is -0.324 e. The molecule has 1 aromatic carbocycles. The van der Waals surface area contributed by atoms with Gasteiger partial charge in [-0.05, 0) is 27.4 Å². The third-order valence-electron chi connectivity index (χ3n) is 2.28. The minimum absolute atomic E-state index is 0.0589. The largest absolute Gasteiger partial charge is 0.324 e. The molecule has 2 N–H and O–H groups in total. The van der Waals surface area contributed by atoms with Crippen molar-refractivity contribution in [2.45, 2.75) is 19.9 Å². The Hall–Kier alpha value is -0.940. The second-order valence-electron chi connectivity index (χ2n) is 3.71. The summed E-state index contributed by atoms with van der Waals surface area (Å²) in [5, 5.41) is 10.7. The van der Waals surface area contributed by atoms with Crippen LogP contribution in [0.5, 0.6) is 0 Å². The maximum Gasteiger partial charge on any atom is 0.283 e. The topological polar surface area (TPSA) is 69.2 Å². The van der Waals surface area contributed by atoms with E-state index in [1.807, 2.05) is 19.9 Å². The normalized spacial score (nSPS) is 12.9. The van der Waals surface area contributed by atoms with Gasteiger partial charge in [0.1, 0.15) is 0 Å². The van der Waals surface area contributed by atoms with E-state index in [1.54, 1.807) is 6.07 Å². The van der Waals surface area contributed by atoms with Crippen molar-refractivity contribution < 1.29 is 4.92 Å². The maximum atomic E-state index is 10.7. The molecule has 0 bridgehead atoms. The van der Waals surface area contributed by atoms with Gasteiger partial charge in [0.25, 0.3) is 5.69 Å². The monoisotopic (exact) mass is 272 g/mol. The number of nitrogens with zero attached hydrogens (tertiary/aromatic N) is 1. The highest BCUT2D eigenvalue weighted by Gasteiger charge is 2.20. The fourth-order valence-electron chi connectivity index (χ4n) is 1.29. The number of hydrogen-bond acceptors (Lipinski definition) is 3. The van der Waals surface area contributed by atoms with Gasteiger partial charge in [-0.2, -0.15) is 0 Å². The Bertz CT molecular complexity index is 380. The van der Waals surface area contributed by atoms with E-state index in [0.29, 0.717) is 4.47 Å². The molecule has 0 spiro atoms. The van der Waals surface area contributed by atoms with Gasteiger partial charge in [-0.1, -0.05) is 26.0 Å². The lowest BCUT2D eigenvalue weighted by Crippen LogP contribution is -2.17. The summed E-state index contributed by atoms with van der Waals surface area (Å²) in [6.45, 7) is 3.96. The molecule has 1 unspecified atom stereocenters. The first-order valence-electron chi connectivity index (χ1n) is 4.63. The smallest absolute Gasteiger partial charge is 0.283 e. The molecule has 0 heterocycles. The van der Waals surface area contributed by atoms with E-state index in [-0.39, 0.29) is 17.6 Å². The van der Waals surface area contributed by atoms with Crippen LogP contribution in [0.25, 0.3) is 0 Å². The minimum atomic E-state index is -0.416. The molecule has 0 radical (unpaired) electrons. The number of rotatable bonds is 3. The Morgan fingerprint density at radius 3 is 2.53 bits per heavy atom. The first-order chi connectivity index (χ1) is 6.95. The summed E-state index contributed by atoms with van der Waals surface area (Å²) in [5.74, 6) is 0.239. The maximum absolute atomic E-state index is 10.7. The molecule has 0 amide bonds. The number of nitro benzene ring substituents is 1. The average molecular weight is 273 g/mol. The summed E-state index contributed by atoms with van der Waals surface area (Å²) >= 11 is 3.23. The zero-order valence-electron chi connectivity index (χ0n) is 8.61. The van der Waals surface area contributed by atoms with Gasteiger partial charge < -0.3 is 5.73 Å². The second-order valence-corrected chi connectivity index (χ2v) is 4.50. The van der Waals surface area contributed by atoms with Crippen molar-refractivity contribution >= 4 is 21.6 Å². The molecule has 0 saturated heterocycles. The van der Waals surface area contributed by atoms with Crippen molar-refractivity contribution in [2.75, 3.05) is 0 Å². The van der Waals surface area contributed by atoms with Crippen LogP contribution in [0.2, 0.25) is 0 Å². The van der Waals surface area contributed by atoms with E-state index in [4.69, 9.17) is 5.73 Å². The number of benzene rings is 1. The lowest BCUT2D eigenvalue weighted by atomic mass is 9.97. The quantitative estimate of drug-likeness (QED) is 0.679. The molecule has 5 heteroatoms. The van der Waals surface area contributed by atoms with Gasteiger partial charge in [0.05, 0.1) is 9.40 Å². The molecule has 15 heavy (non-hydrogen) atoms. The lowest BCUT2D eigenvalue weighted by molar-refractivity contribution is -0.385. The van der Waals surface area contributed by atoms with Gasteiger partial charge >= 0.3 is 0 Å². The Balaban J connectivity index is 3.21. The van der Waals surface area contributed by atoms with Crippen LogP contribution in [0.3, 0.4) is 0 Å². The standard InChI is InChI=1S/C10H13BrN2O2/c1-6(2)10(12)7-4-3-5-8(9(7)11)13(14)15/h3-6,10H,12H2,1-2H3. The molecule has 1 rings (SSSR count). The third-order valence-corrected chi connectivity index (χ3v) is 3.15. The molecule has 0 fully saturated rings. The van der Waals surface area contributed by atoms with Gasteiger partial charge in [0.2, 0.25) is 0 Å². The number of hydrogen-bond donors (Lipinski definition) is 1. The first kappa shape index (κ1) is 12.1. The third kappa shape index (κ3) is 2.54. The summed E-state index contributed by atoms with van der Waals surface area (Å²) in [5.41, 5.74) is 6.79. The van der Waals surface area contributed by atoms with Crippen molar-refractivity contribution in [1.82, 2.24) is 0 Å². The Kier molecular flexibility index (Phi) is 3.82. The van der Waals surface area contributed by atoms with Gasteiger partial charge in [-0.25, -0.2) is 0 Å². The van der Waals surface area contributed by atoms with Crippen molar-refractivity contribution in [3.05, 3.63) is 38.3 Å². The van der Waals surface area contributed by atoms with Gasteiger partial charge in [-0.15, -0.1) is 0 Å². The van der Waals surface area contributed by atoms with Crippen molar-refractivity contribution in [3.63, 3.8) is 0 Å². The van der Waals surface area contributed by atoms with Crippen molar-refractivity contribution in [1.29, 1.82) is 0 Å². The number of nitro groups is 1. The van der Waals surface area contributed by atoms with E-state index in [1.165, 1.54) is 6.07 Å². The van der Waals surface area contributed by atoms with Crippen LogP contribution >= 0.6 is 15.9 Å². The Morgan fingerprint density at radius 2 is 2.07 bits per heavy atom. The molecule has 82 valence electrons. The highest BCUT2D eigenvalue weighted by atomic mass is 79.9. The van der Waals surface area contributed by atoms with E-state index < -0.39 is 4.92 Å². The van der Waals surface area contributed by atoms with Crippen molar-refractivity contribution in [3.8, 4) is 0 Å². The molecule has 0 aliphatic carbocycles. The van der Waals surface area contributed by atoms with Crippen LogP contribution in [-0.2, 0) is 0 Å². The molecule has 0 aliphatic rings. The first-order valence-corrected chi connectivity index (χ1v) is 5.42. The predicted octanol–water partition coefficient (Wildman–Crippen LogP) is 3.01. The molecular formula is C10H13BrN2O2. The van der Waals surface area contributed by atoms with E-state index in [0.717, 1.165) is 5.56 Å². The van der Waals surface area contributed by atoms with Gasteiger partial charge in [-0.3, -0.25) is 10.1 Å². The SMILES string of the molecule is CC(C)C(N)c1cccc([N+](=O)[O-])c1Br. The van der Waals surface area contributed by atoms with E-state index in [2.05, 4.69) is 15.9 Å². The summed E-state index contributed by atoms with van der Waals surface area (Å²) < 4.78 is 0.483. The fourth-order valence-corrected chi connectivity index (χ4v) is 1.97. The van der Waals surface area contributed by atoms with Crippen LogP contribution in [-0.4, -0.2) is 4.92 Å². The Morgan fingerprint density at radius 1 is 1.47 bits per heavy atom. The molecule has 4 nitrogen and oxygen atoms in total. The summed E-state index contributed by atoms with van der Waals surface area (Å²) in [4.78, 5) is 10.3. The molecule has 1 atom stereocenters.